The van der Waals surface area contributed by atoms with Gasteiger partial charge in [-0.3, -0.25) is 5.01 Å². The Kier molecular flexibility index (Phi) is 6.21. The largest absolute Gasteiger partial charge is 0.356 e. The number of benzene rings is 2. The molecule has 0 unspecified atom stereocenters. The van der Waals surface area contributed by atoms with Crippen LogP contribution >= 0.6 is 0 Å². The molecule has 2 aromatic carbocycles. The second-order valence-electron chi connectivity index (χ2n) is 6.65. The van der Waals surface area contributed by atoms with E-state index in [0.29, 0.717) is 18.8 Å². The number of aromatic nitrogens is 3. The molecule has 0 amide bonds. The number of hydrazine groups is 1. The first-order valence-corrected chi connectivity index (χ1v) is 9.76. The predicted octanol–water partition coefficient (Wildman–Crippen LogP) is 3.20. The molecule has 28 heavy (non-hydrogen) atoms. The summed E-state index contributed by atoms with van der Waals surface area (Å²) in [5, 5.41) is 1.42. The molecule has 0 spiro atoms. The van der Waals surface area contributed by atoms with Crippen LogP contribution in [0.2, 0.25) is 0 Å². The Bertz CT molecular complexity index is 998. The third-order valence-corrected chi connectivity index (χ3v) is 4.87. The van der Waals surface area contributed by atoms with Gasteiger partial charge in [0.25, 0.3) is 0 Å². The van der Waals surface area contributed by atoms with E-state index in [9.17, 15) is 4.79 Å². The minimum Gasteiger partial charge on any atom is -0.274 e. The van der Waals surface area contributed by atoms with Gasteiger partial charge in [-0.2, -0.15) is 9.97 Å². The fraction of sp³-hybridized carbons (Fsp3) is 0.318. The fourth-order valence-electron chi connectivity index (χ4n) is 3.46. The minimum atomic E-state index is -0.353. The predicted molar refractivity (Wildman–Crippen MR) is 113 cm³/mol. The monoisotopic (exact) mass is 377 g/mol. The van der Waals surface area contributed by atoms with Crippen LogP contribution in [-0.2, 0) is 25.8 Å². The molecule has 1 heterocycles. The van der Waals surface area contributed by atoms with Crippen molar-refractivity contribution >= 4 is 5.95 Å². The summed E-state index contributed by atoms with van der Waals surface area (Å²) in [6.45, 7) is 6.64. The Morgan fingerprint density at radius 3 is 2.32 bits per heavy atom. The molecule has 0 aliphatic carbocycles. The quantitative estimate of drug-likeness (QED) is 0.505. The molecule has 0 fully saturated rings. The molecule has 0 bridgehead atoms. The summed E-state index contributed by atoms with van der Waals surface area (Å²) < 4.78 is 1.62. The molecule has 0 aliphatic heterocycles. The lowest BCUT2D eigenvalue weighted by molar-refractivity contribution is 0.718. The highest BCUT2D eigenvalue weighted by Crippen LogP contribution is 2.21. The summed E-state index contributed by atoms with van der Waals surface area (Å²) >= 11 is 0. The van der Waals surface area contributed by atoms with Crippen molar-refractivity contribution in [2.45, 2.75) is 46.6 Å². The zero-order valence-electron chi connectivity index (χ0n) is 16.7. The van der Waals surface area contributed by atoms with E-state index in [4.69, 9.17) is 5.84 Å². The maximum Gasteiger partial charge on any atom is 0.356 e. The van der Waals surface area contributed by atoms with Crippen LogP contribution in [0.3, 0.4) is 0 Å². The molecular weight excluding hydrogens is 350 g/mol. The first-order valence-electron chi connectivity index (χ1n) is 9.76. The molecule has 1 aromatic heterocycles. The molecule has 0 radical (unpaired) electrons. The van der Waals surface area contributed by atoms with Gasteiger partial charge in [-0.25, -0.2) is 15.2 Å². The average molecular weight is 377 g/mol. The topological polar surface area (TPSA) is 77.0 Å². The maximum absolute atomic E-state index is 13.0. The number of hydrogen-bond donors (Lipinski definition) is 1. The van der Waals surface area contributed by atoms with Crippen LogP contribution in [0.4, 0.5) is 5.95 Å². The summed E-state index contributed by atoms with van der Waals surface area (Å²) in [6, 6.07) is 15.9. The van der Waals surface area contributed by atoms with Gasteiger partial charge in [0, 0.05) is 6.42 Å². The minimum absolute atomic E-state index is 0.242. The summed E-state index contributed by atoms with van der Waals surface area (Å²) in [5.74, 6) is 7.07. The van der Waals surface area contributed by atoms with E-state index in [0.717, 1.165) is 29.7 Å². The first kappa shape index (κ1) is 19.8. The standard InChI is InChI=1S/C22H27N5O/c1-4-17-13-10-14-19(18(17)5-2)27-20(6-3)24-21(25-22(27)28)26(23)15-16-11-8-7-9-12-16/h7-14H,4-6,15,23H2,1-3H3. The van der Waals surface area contributed by atoms with E-state index < -0.39 is 0 Å². The van der Waals surface area contributed by atoms with Crippen molar-refractivity contribution in [2.24, 2.45) is 5.84 Å². The van der Waals surface area contributed by atoms with E-state index in [2.05, 4.69) is 29.9 Å². The maximum atomic E-state index is 13.0. The van der Waals surface area contributed by atoms with Gasteiger partial charge in [0.2, 0.25) is 5.95 Å². The van der Waals surface area contributed by atoms with Crippen molar-refractivity contribution in [1.29, 1.82) is 0 Å². The number of anilines is 1. The molecule has 146 valence electrons. The smallest absolute Gasteiger partial charge is 0.274 e. The van der Waals surface area contributed by atoms with E-state index in [1.54, 1.807) is 4.57 Å². The van der Waals surface area contributed by atoms with Crippen molar-refractivity contribution < 1.29 is 0 Å². The van der Waals surface area contributed by atoms with Gasteiger partial charge in [0.1, 0.15) is 5.82 Å². The molecule has 6 heteroatoms. The van der Waals surface area contributed by atoms with Gasteiger partial charge in [0.15, 0.2) is 0 Å². The zero-order valence-corrected chi connectivity index (χ0v) is 16.7. The summed E-state index contributed by atoms with van der Waals surface area (Å²) in [6.07, 6.45) is 2.36. The molecule has 0 saturated heterocycles. The Hall–Kier alpha value is -2.99. The van der Waals surface area contributed by atoms with Gasteiger partial charge < -0.3 is 0 Å². The van der Waals surface area contributed by atoms with Gasteiger partial charge in [-0.05, 0) is 35.6 Å². The number of nitrogens with two attached hydrogens (primary N) is 1. The molecule has 3 aromatic rings. The van der Waals surface area contributed by atoms with Crippen LogP contribution in [0.1, 0.15) is 43.3 Å². The van der Waals surface area contributed by atoms with Crippen molar-refractivity contribution in [3.63, 3.8) is 0 Å². The van der Waals surface area contributed by atoms with E-state index >= 15 is 0 Å². The van der Waals surface area contributed by atoms with Crippen molar-refractivity contribution in [2.75, 3.05) is 5.01 Å². The lowest BCUT2D eigenvalue weighted by Gasteiger charge is -2.20. The van der Waals surface area contributed by atoms with Crippen LogP contribution in [0.5, 0.6) is 0 Å². The van der Waals surface area contributed by atoms with Crippen LogP contribution < -0.4 is 16.5 Å². The van der Waals surface area contributed by atoms with Gasteiger partial charge in [0.05, 0.1) is 12.2 Å². The Morgan fingerprint density at radius 1 is 0.929 bits per heavy atom. The zero-order chi connectivity index (χ0) is 20.1. The number of nitrogens with zero attached hydrogens (tertiary/aromatic N) is 4. The Balaban J connectivity index is 2.05. The first-order chi connectivity index (χ1) is 13.6. The van der Waals surface area contributed by atoms with Crippen molar-refractivity contribution in [1.82, 2.24) is 14.5 Å². The molecule has 0 saturated carbocycles. The lowest BCUT2D eigenvalue weighted by atomic mass is 10.0. The SMILES string of the molecule is CCc1cccc(-n2c(CC)nc(N(N)Cc3ccccc3)nc2=O)c1CC. The van der Waals surface area contributed by atoms with E-state index in [1.165, 1.54) is 10.6 Å². The molecule has 3 rings (SSSR count). The number of rotatable bonds is 7. The van der Waals surface area contributed by atoms with Crippen molar-refractivity contribution in [3.8, 4) is 5.69 Å². The van der Waals surface area contributed by atoms with E-state index in [1.807, 2.05) is 49.4 Å². The summed E-state index contributed by atoms with van der Waals surface area (Å²) in [5.41, 5.74) is 3.93. The summed E-state index contributed by atoms with van der Waals surface area (Å²) in [7, 11) is 0. The molecule has 0 atom stereocenters. The van der Waals surface area contributed by atoms with Gasteiger partial charge >= 0.3 is 5.69 Å². The third-order valence-electron chi connectivity index (χ3n) is 4.87. The van der Waals surface area contributed by atoms with Gasteiger partial charge in [-0.1, -0.05) is 63.2 Å². The number of aryl methyl sites for hydroxylation is 2. The highest BCUT2D eigenvalue weighted by atomic mass is 16.1. The molecule has 0 aliphatic rings. The highest BCUT2D eigenvalue weighted by molar-refractivity contribution is 5.47. The summed E-state index contributed by atoms with van der Waals surface area (Å²) in [4.78, 5) is 21.8. The van der Waals surface area contributed by atoms with Crippen molar-refractivity contribution in [3.05, 3.63) is 81.5 Å². The molecule has 2 N–H and O–H groups in total. The van der Waals surface area contributed by atoms with Crippen LogP contribution in [0.15, 0.2) is 53.3 Å². The normalized spacial score (nSPS) is 10.9. The van der Waals surface area contributed by atoms with Crippen LogP contribution in [0, 0.1) is 0 Å². The van der Waals surface area contributed by atoms with Crippen LogP contribution in [-0.4, -0.2) is 14.5 Å². The van der Waals surface area contributed by atoms with E-state index in [-0.39, 0.29) is 11.6 Å². The Morgan fingerprint density at radius 2 is 1.68 bits per heavy atom. The fourth-order valence-corrected chi connectivity index (χ4v) is 3.46. The number of hydrogen-bond acceptors (Lipinski definition) is 5. The Labute approximate surface area is 165 Å². The second kappa shape index (κ2) is 8.80. The molecule has 6 nitrogen and oxygen atoms in total. The molecular formula is C22H27N5O. The highest BCUT2D eigenvalue weighted by Gasteiger charge is 2.17. The second-order valence-corrected chi connectivity index (χ2v) is 6.65. The van der Waals surface area contributed by atoms with Crippen LogP contribution in [0.25, 0.3) is 5.69 Å². The third kappa shape index (κ3) is 3.97. The average Bonchev–Trinajstić information content (AvgIpc) is 2.73. The van der Waals surface area contributed by atoms with Gasteiger partial charge in [-0.15, -0.1) is 0 Å². The lowest BCUT2D eigenvalue weighted by Crippen LogP contribution is -2.36.